The number of rotatable bonds is 4. The Morgan fingerprint density at radius 2 is 2.32 bits per heavy atom. The Hall–Kier alpha value is -1.69. The SMILES string of the molecule is COC(=O)CCc1conc1-c1ccc(F)c(Br)c1. The van der Waals surface area contributed by atoms with Crippen LogP contribution in [0.1, 0.15) is 12.0 Å². The highest BCUT2D eigenvalue weighted by molar-refractivity contribution is 9.10. The highest BCUT2D eigenvalue weighted by atomic mass is 79.9. The van der Waals surface area contributed by atoms with E-state index in [1.807, 2.05) is 0 Å². The largest absolute Gasteiger partial charge is 0.469 e. The van der Waals surface area contributed by atoms with Crippen LogP contribution in [0.15, 0.2) is 33.5 Å². The topological polar surface area (TPSA) is 52.3 Å². The number of aryl methyl sites for hydroxylation is 1. The minimum absolute atomic E-state index is 0.243. The van der Waals surface area contributed by atoms with E-state index >= 15 is 0 Å². The van der Waals surface area contributed by atoms with Gasteiger partial charge in [-0.2, -0.15) is 0 Å². The van der Waals surface area contributed by atoms with Gasteiger partial charge in [0, 0.05) is 17.5 Å². The number of hydrogen-bond acceptors (Lipinski definition) is 4. The molecule has 0 aliphatic heterocycles. The summed E-state index contributed by atoms with van der Waals surface area (Å²) in [5, 5.41) is 3.89. The number of ether oxygens (including phenoxy) is 1. The number of esters is 1. The lowest BCUT2D eigenvalue weighted by Crippen LogP contribution is -2.02. The Balaban J connectivity index is 2.23. The molecule has 6 heteroatoms. The number of nitrogens with zero attached hydrogens (tertiary/aromatic N) is 1. The van der Waals surface area contributed by atoms with E-state index < -0.39 is 0 Å². The van der Waals surface area contributed by atoms with Crippen LogP contribution in [-0.2, 0) is 16.0 Å². The van der Waals surface area contributed by atoms with Crippen LogP contribution in [0.25, 0.3) is 11.3 Å². The third-order valence-electron chi connectivity index (χ3n) is 2.66. The van der Waals surface area contributed by atoms with Gasteiger partial charge in [0.05, 0.1) is 11.6 Å². The second kappa shape index (κ2) is 5.97. The summed E-state index contributed by atoms with van der Waals surface area (Å²) < 4.78 is 23.0. The van der Waals surface area contributed by atoms with Gasteiger partial charge in [0.25, 0.3) is 0 Å². The Bertz CT molecular complexity index is 597. The maximum atomic E-state index is 13.2. The molecule has 0 aliphatic rings. The molecule has 0 radical (unpaired) electrons. The number of methoxy groups -OCH3 is 1. The van der Waals surface area contributed by atoms with E-state index in [9.17, 15) is 9.18 Å². The van der Waals surface area contributed by atoms with Crippen LogP contribution in [0, 0.1) is 5.82 Å². The molecule has 2 aromatic rings. The fraction of sp³-hybridized carbons (Fsp3) is 0.231. The molecule has 1 aromatic carbocycles. The van der Waals surface area contributed by atoms with Crippen molar-refractivity contribution < 1.29 is 18.4 Å². The van der Waals surface area contributed by atoms with Crippen molar-refractivity contribution in [1.29, 1.82) is 0 Å². The molecular weight excluding hydrogens is 317 g/mol. The molecule has 0 bridgehead atoms. The Morgan fingerprint density at radius 1 is 1.53 bits per heavy atom. The zero-order chi connectivity index (χ0) is 13.8. The van der Waals surface area contributed by atoms with Crippen LogP contribution in [0.4, 0.5) is 4.39 Å². The Labute approximate surface area is 117 Å². The highest BCUT2D eigenvalue weighted by Gasteiger charge is 2.13. The first-order valence-corrected chi connectivity index (χ1v) is 6.36. The average molecular weight is 328 g/mol. The van der Waals surface area contributed by atoms with Crippen LogP contribution < -0.4 is 0 Å². The molecule has 0 unspecified atom stereocenters. The molecule has 2 rings (SSSR count). The second-order valence-corrected chi connectivity index (χ2v) is 4.75. The Morgan fingerprint density at radius 3 is 3.00 bits per heavy atom. The van der Waals surface area contributed by atoms with Crippen molar-refractivity contribution in [2.75, 3.05) is 7.11 Å². The molecule has 0 amide bonds. The van der Waals surface area contributed by atoms with Crippen molar-refractivity contribution in [3.05, 3.63) is 40.3 Å². The summed E-state index contributed by atoms with van der Waals surface area (Å²) >= 11 is 3.12. The van der Waals surface area contributed by atoms with Crippen molar-refractivity contribution in [3.63, 3.8) is 0 Å². The lowest BCUT2D eigenvalue weighted by molar-refractivity contribution is -0.140. The number of carbonyl (C=O) groups excluding carboxylic acids is 1. The summed E-state index contributed by atoms with van der Waals surface area (Å²) in [4.78, 5) is 11.1. The van der Waals surface area contributed by atoms with Gasteiger partial charge >= 0.3 is 5.97 Å². The van der Waals surface area contributed by atoms with Crippen LogP contribution in [0.5, 0.6) is 0 Å². The van der Waals surface area contributed by atoms with Gasteiger partial charge in [-0.3, -0.25) is 4.79 Å². The van der Waals surface area contributed by atoms with Gasteiger partial charge in [0.15, 0.2) is 0 Å². The highest BCUT2D eigenvalue weighted by Crippen LogP contribution is 2.27. The molecule has 0 saturated carbocycles. The van der Waals surface area contributed by atoms with Crippen LogP contribution in [0.3, 0.4) is 0 Å². The maximum Gasteiger partial charge on any atom is 0.305 e. The first kappa shape index (κ1) is 13.7. The monoisotopic (exact) mass is 327 g/mol. The smallest absolute Gasteiger partial charge is 0.305 e. The van der Waals surface area contributed by atoms with Gasteiger partial charge in [-0.1, -0.05) is 5.16 Å². The number of benzene rings is 1. The molecule has 0 N–H and O–H groups in total. The fourth-order valence-corrected chi connectivity index (χ4v) is 2.03. The zero-order valence-electron chi connectivity index (χ0n) is 10.2. The third-order valence-corrected chi connectivity index (χ3v) is 3.27. The number of carbonyl (C=O) groups is 1. The van der Waals surface area contributed by atoms with Gasteiger partial charge in [0.2, 0.25) is 0 Å². The Kier molecular flexibility index (Phi) is 4.31. The predicted octanol–water partition coefficient (Wildman–Crippen LogP) is 3.35. The molecule has 0 saturated heterocycles. The number of halogens is 2. The maximum absolute atomic E-state index is 13.2. The summed E-state index contributed by atoms with van der Waals surface area (Å²) in [6.45, 7) is 0. The minimum Gasteiger partial charge on any atom is -0.469 e. The molecule has 19 heavy (non-hydrogen) atoms. The van der Waals surface area contributed by atoms with Crippen molar-refractivity contribution in [1.82, 2.24) is 5.16 Å². The van der Waals surface area contributed by atoms with Crippen molar-refractivity contribution in [2.45, 2.75) is 12.8 Å². The third kappa shape index (κ3) is 3.20. The van der Waals surface area contributed by atoms with Gasteiger partial charge in [-0.15, -0.1) is 0 Å². The summed E-state index contributed by atoms with van der Waals surface area (Å²) in [5.74, 6) is -0.643. The summed E-state index contributed by atoms with van der Waals surface area (Å²) in [5.41, 5.74) is 2.11. The average Bonchev–Trinajstić information content (AvgIpc) is 2.87. The van der Waals surface area contributed by atoms with Crippen LogP contribution in [0.2, 0.25) is 0 Å². The van der Waals surface area contributed by atoms with E-state index in [-0.39, 0.29) is 18.2 Å². The van der Waals surface area contributed by atoms with E-state index in [1.54, 1.807) is 12.1 Å². The molecule has 4 nitrogen and oxygen atoms in total. The molecule has 1 aromatic heterocycles. The predicted molar refractivity (Wildman–Crippen MR) is 69.9 cm³/mol. The minimum atomic E-state index is -0.344. The van der Waals surface area contributed by atoms with Gasteiger partial charge in [-0.25, -0.2) is 4.39 Å². The van der Waals surface area contributed by atoms with E-state index in [0.717, 1.165) is 11.1 Å². The lowest BCUT2D eigenvalue weighted by atomic mass is 10.0. The van der Waals surface area contributed by atoms with Gasteiger partial charge in [0.1, 0.15) is 17.8 Å². The first-order chi connectivity index (χ1) is 9.11. The molecule has 100 valence electrons. The molecular formula is C13H11BrFNO3. The van der Waals surface area contributed by atoms with E-state index in [0.29, 0.717) is 16.6 Å². The standard InChI is InChI=1S/C13H11BrFNO3/c1-18-12(17)5-3-9-7-19-16-13(9)8-2-4-11(15)10(14)6-8/h2,4,6-7H,3,5H2,1H3. The zero-order valence-corrected chi connectivity index (χ0v) is 11.7. The van der Waals surface area contributed by atoms with Crippen molar-refractivity contribution >= 4 is 21.9 Å². The van der Waals surface area contributed by atoms with Gasteiger partial charge < -0.3 is 9.26 Å². The molecule has 0 fully saturated rings. The fourth-order valence-electron chi connectivity index (χ4n) is 1.65. The van der Waals surface area contributed by atoms with E-state index in [1.165, 1.54) is 19.4 Å². The quantitative estimate of drug-likeness (QED) is 0.808. The van der Waals surface area contributed by atoms with Gasteiger partial charge in [-0.05, 0) is 40.5 Å². The van der Waals surface area contributed by atoms with E-state index in [4.69, 9.17) is 4.52 Å². The number of aromatic nitrogens is 1. The molecule has 0 spiro atoms. The van der Waals surface area contributed by atoms with Crippen LogP contribution >= 0.6 is 15.9 Å². The van der Waals surface area contributed by atoms with E-state index in [2.05, 4.69) is 25.8 Å². The normalized spacial score (nSPS) is 10.5. The van der Waals surface area contributed by atoms with Crippen LogP contribution in [-0.4, -0.2) is 18.2 Å². The summed E-state index contributed by atoms with van der Waals surface area (Å²) in [6.07, 6.45) is 2.18. The van der Waals surface area contributed by atoms with Crippen molar-refractivity contribution in [2.24, 2.45) is 0 Å². The first-order valence-electron chi connectivity index (χ1n) is 5.57. The second-order valence-electron chi connectivity index (χ2n) is 3.89. The lowest BCUT2D eigenvalue weighted by Gasteiger charge is -2.02. The molecule has 1 heterocycles. The molecule has 0 aliphatic carbocycles. The summed E-state index contributed by atoms with van der Waals surface area (Å²) in [7, 11) is 1.34. The van der Waals surface area contributed by atoms with Crippen molar-refractivity contribution in [3.8, 4) is 11.3 Å². The molecule has 0 atom stereocenters. The summed E-state index contributed by atoms with van der Waals surface area (Å²) in [6, 6.07) is 4.58. The number of hydrogen-bond donors (Lipinski definition) is 0.